The minimum absolute atomic E-state index is 0.0239. The topological polar surface area (TPSA) is 79.4 Å². The van der Waals surface area contributed by atoms with E-state index in [1.165, 1.54) is 9.80 Å². The molecular formula is C20H27N3O5. The fraction of sp³-hybridized carbons (Fsp3) is 0.550. The fourth-order valence-electron chi connectivity index (χ4n) is 3.53. The molecule has 3 amide bonds. The number of rotatable bonds is 7. The average Bonchev–Trinajstić information content (AvgIpc) is 2.73. The summed E-state index contributed by atoms with van der Waals surface area (Å²) in [7, 11) is 1.56. The van der Waals surface area contributed by atoms with E-state index in [-0.39, 0.29) is 30.8 Å². The zero-order chi connectivity index (χ0) is 19.9. The third kappa shape index (κ3) is 4.88. The van der Waals surface area contributed by atoms with E-state index < -0.39 is 6.04 Å². The summed E-state index contributed by atoms with van der Waals surface area (Å²) in [4.78, 5) is 43.3. The number of amides is 3. The third-order valence-corrected chi connectivity index (χ3v) is 5.13. The van der Waals surface area contributed by atoms with Gasteiger partial charge >= 0.3 is 0 Å². The molecule has 0 radical (unpaired) electrons. The zero-order valence-electron chi connectivity index (χ0n) is 16.2. The maximum Gasteiger partial charge on any atom is 0.246 e. The highest BCUT2D eigenvalue weighted by Gasteiger charge is 2.40. The van der Waals surface area contributed by atoms with Crippen LogP contribution in [0.2, 0.25) is 0 Å². The second-order valence-electron chi connectivity index (χ2n) is 6.97. The van der Waals surface area contributed by atoms with Crippen molar-refractivity contribution >= 4 is 17.7 Å². The van der Waals surface area contributed by atoms with Gasteiger partial charge in [0.1, 0.15) is 12.6 Å². The zero-order valence-corrected chi connectivity index (χ0v) is 16.2. The van der Waals surface area contributed by atoms with Crippen LogP contribution in [0, 0.1) is 0 Å². The van der Waals surface area contributed by atoms with Gasteiger partial charge in [0.05, 0.1) is 26.4 Å². The summed E-state index contributed by atoms with van der Waals surface area (Å²) in [6.45, 7) is 2.63. The maximum absolute atomic E-state index is 13.1. The van der Waals surface area contributed by atoms with Crippen LogP contribution in [0.1, 0.15) is 5.56 Å². The Morgan fingerprint density at radius 3 is 2.57 bits per heavy atom. The van der Waals surface area contributed by atoms with Crippen molar-refractivity contribution in [2.75, 3.05) is 59.7 Å². The highest BCUT2D eigenvalue weighted by atomic mass is 16.5. The highest BCUT2D eigenvalue weighted by molar-refractivity contribution is 5.97. The molecule has 28 heavy (non-hydrogen) atoms. The van der Waals surface area contributed by atoms with E-state index in [1.54, 1.807) is 12.0 Å². The smallest absolute Gasteiger partial charge is 0.246 e. The highest BCUT2D eigenvalue weighted by Crippen LogP contribution is 2.18. The Morgan fingerprint density at radius 1 is 1.18 bits per heavy atom. The minimum Gasteiger partial charge on any atom is -0.383 e. The normalized spacial score (nSPS) is 20.6. The van der Waals surface area contributed by atoms with Crippen LogP contribution < -0.4 is 0 Å². The van der Waals surface area contributed by atoms with Crippen LogP contribution >= 0.6 is 0 Å². The lowest BCUT2D eigenvalue weighted by Gasteiger charge is -2.41. The Bertz CT molecular complexity index is 690. The van der Waals surface area contributed by atoms with Crippen LogP contribution in [0.5, 0.6) is 0 Å². The molecule has 0 spiro atoms. The van der Waals surface area contributed by atoms with Crippen LogP contribution in [-0.4, -0.2) is 98.1 Å². The first kappa shape index (κ1) is 20.3. The first-order valence-electron chi connectivity index (χ1n) is 9.57. The number of ether oxygens (including phenoxy) is 2. The van der Waals surface area contributed by atoms with Crippen molar-refractivity contribution in [2.45, 2.75) is 12.5 Å². The Labute approximate surface area is 165 Å². The van der Waals surface area contributed by atoms with Gasteiger partial charge in [-0.25, -0.2) is 0 Å². The molecule has 0 aromatic heterocycles. The second-order valence-corrected chi connectivity index (χ2v) is 6.97. The molecule has 2 heterocycles. The van der Waals surface area contributed by atoms with Gasteiger partial charge in [-0.3, -0.25) is 14.4 Å². The molecule has 2 aliphatic heterocycles. The lowest BCUT2D eigenvalue weighted by molar-refractivity contribution is -0.159. The number of hydrogen-bond acceptors (Lipinski definition) is 5. The number of carbonyl (C=O) groups is 3. The van der Waals surface area contributed by atoms with Crippen molar-refractivity contribution in [3.63, 3.8) is 0 Å². The van der Waals surface area contributed by atoms with Crippen molar-refractivity contribution in [3.05, 3.63) is 35.9 Å². The summed E-state index contributed by atoms with van der Waals surface area (Å²) < 4.78 is 10.3. The standard InChI is InChI=1S/C20H27N3O5/c1-27-10-7-22-14-19(25)23(15-18(24)21-8-11-28-12-9-21)17(20(22)26)13-16-5-3-2-4-6-16/h2-6,17H,7-15H2,1H3/t17-/m1/s1. The minimum atomic E-state index is -0.689. The van der Waals surface area contributed by atoms with Gasteiger partial charge in [-0.2, -0.15) is 0 Å². The van der Waals surface area contributed by atoms with E-state index in [2.05, 4.69) is 0 Å². The van der Waals surface area contributed by atoms with Gasteiger partial charge in [0, 0.05) is 33.2 Å². The lowest BCUT2D eigenvalue weighted by Crippen LogP contribution is -2.63. The van der Waals surface area contributed by atoms with Crippen LogP contribution in [0.3, 0.4) is 0 Å². The molecule has 1 atom stereocenters. The van der Waals surface area contributed by atoms with Crippen molar-refractivity contribution in [1.29, 1.82) is 0 Å². The predicted octanol–water partition coefficient (Wildman–Crippen LogP) is -0.226. The van der Waals surface area contributed by atoms with Crippen LogP contribution in [0.15, 0.2) is 30.3 Å². The molecule has 0 N–H and O–H groups in total. The van der Waals surface area contributed by atoms with Gasteiger partial charge in [-0.05, 0) is 5.56 Å². The number of hydrogen-bond donors (Lipinski definition) is 0. The summed E-state index contributed by atoms with van der Waals surface area (Å²) in [5.74, 6) is -0.499. The number of carbonyl (C=O) groups excluding carboxylic acids is 3. The molecule has 1 aromatic carbocycles. The van der Waals surface area contributed by atoms with Crippen LogP contribution in [0.4, 0.5) is 0 Å². The Morgan fingerprint density at radius 2 is 1.89 bits per heavy atom. The molecule has 0 unspecified atom stereocenters. The van der Waals surface area contributed by atoms with Crippen molar-refractivity contribution in [2.24, 2.45) is 0 Å². The Hall–Kier alpha value is -2.45. The van der Waals surface area contributed by atoms with E-state index in [9.17, 15) is 14.4 Å². The van der Waals surface area contributed by atoms with Gasteiger partial charge in [0.15, 0.2) is 0 Å². The first-order valence-corrected chi connectivity index (χ1v) is 9.57. The average molecular weight is 389 g/mol. The molecule has 2 aliphatic rings. The Kier molecular flexibility index (Phi) is 7.00. The molecule has 2 fully saturated rings. The number of morpholine rings is 1. The van der Waals surface area contributed by atoms with E-state index >= 15 is 0 Å². The van der Waals surface area contributed by atoms with E-state index in [0.29, 0.717) is 45.9 Å². The predicted molar refractivity (Wildman–Crippen MR) is 102 cm³/mol. The maximum atomic E-state index is 13.1. The van der Waals surface area contributed by atoms with E-state index in [0.717, 1.165) is 5.56 Å². The van der Waals surface area contributed by atoms with Gasteiger partial charge in [-0.1, -0.05) is 30.3 Å². The van der Waals surface area contributed by atoms with Crippen molar-refractivity contribution in [1.82, 2.24) is 14.7 Å². The van der Waals surface area contributed by atoms with Gasteiger partial charge in [0.2, 0.25) is 17.7 Å². The molecule has 1 aromatic rings. The van der Waals surface area contributed by atoms with Gasteiger partial charge in [0.25, 0.3) is 0 Å². The number of benzene rings is 1. The summed E-state index contributed by atoms with van der Waals surface area (Å²) >= 11 is 0. The third-order valence-electron chi connectivity index (χ3n) is 5.13. The molecular weight excluding hydrogens is 362 g/mol. The molecule has 8 nitrogen and oxygen atoms in total. The molecule has 0 saturated carbocycles. The van der Waals surface area contributed by atoms with Crippen molar-refractivity contribution < 1.29 is 23.9 Å². The molecule has 0 aliphatic carbocycles. The molecule has 2 saturated heterocycles. The SMILES string of the molecule is COCCN1CC(=O)N(CC(=O)N2CCOCC2)[C@H](Cc2ccccc2)C1=O. The van der Waals surface area contributed by atoms with E-state index in [4.69, 9.17) is 9.47 Å². The summed E-state index contributed by atoms with van der Waals surface area (Å²) in [5, 5.41) is 0. The van der Waals surface area contributed by atoms with Gasteiger partial charge < -0.3 is 24.2 Å². The fourth-order valence-corrected chi connectivity index (χ4v) is 3.53. The summed E-state index contributed by atoms with van der Waals surface area (Å²) in [6, 6.07) is 8.86. The number of nitrogens with zero attached hydrogens (tertiary/aromatic N) is 3. The molecule has 152 valence electrons. The Balaban J connectivity index is 1.77. The van der Waals surface area contributed by atoms with Crippen LogP contribution in [-0.2, 0) is 30.3 Å². The lowest BCUT2D eigenvalue weighted by atomic mass is 10.0. The largest absolute Gasteiger partial charge is 0.383 e. The molecule has 8 heteroatoms. The number of methoxy groups -OCH3 is 1. The molecule has 3 rings (SSSR count). The second kappa shape index (κ2) is 9.66. The quantitative estimate of drug-likeness (QED) is 0.644. The first-order chi connectivity index (χ1) is 13.6. The monoisotopic (exact) mass is 389 g/mol. The summed E-state index contributed by atoms with van der Waals surface area (Å²) in [5.41, 5.74) is 0.950. The van der Waals surface area contributed by atoms with E-state index in [1.807, 2.05) is 30.3 Å². The van der Waals surface area contributed by atoms with Gasteiger partial charge in [-0.15, -0.1) is 0 Å². The summed E-state index contributed by atoms with van der Waals surface area (Å²) in [6.07, 6.45) is 0.380. The number of piperazine rings is 1. The molecule has 0 bridgehead atoms. The van der Waals surface area contributed by atoms with Crippen LogP contribution in [0.25, 0.3) is 0 Å². The van der Waals surface area contributed by atoms with Crippen molar-refractivity contribution in [3.8, 4) is 0 Å².